The van der Waals surface area contributed by atoms with Gasteiger partial charge in [-0.2, -0.15) is 13.2 Å². The van der Waals surface area contributed by atoms with Crippen LogP contribution in [0.1, 0.15) is 19.3 Å². The number of alkyl halides is 3. The van der Waals surface area contributed by atoms with Crippen molar-refractivity contribution in [2.75, 3.05) is 26.3 Å². The van der Waals surface area contributed by atoms with Gasteiger partial charge in [-0.15, -0.1) is 0 Å². The van der Waals surface area contributed by atoms with Crippen LogP contribution in [0.4, 0.5) is 13.2 Å². The largest absolute Gasteiger partial charge is 0.481 e. The van der Waals surface area contributed by atoms with Gasteiger partial charge in [0, 0.05) is 13.1 Å². The van der Waals surface area contributed by atoms with Crippen molar-refractivity contribution in [1.29, 1.82) is 0 Å². The molecule has 1 amide bonds. The first-order valence-corrected chi connectivity index (χ1v) is 5.94. The number of hydrogen-bond acceptors (Lipinski definition) is 3. The summed E-state index contributed by atoms with van der Waals surface area (Å²) in [5, 5.41) is 8.85. The number of carboxylic acids is 1. The highest BCUT2D eigenvalue weighted by molar-refractivity contribution is 5.78. The van der Waals surface area contributed by atoms with Crippen molar-refractivity contribution in [1.82, 2.24) is 4.90 Å². The molecule has 1 fully saturated rings. The Kier molecular flexibility index (Phi) is 5.59. The molecule has 1 aliphatic rings. The van der Waals surface area contributed by atoms with Gasteiger partial charge in [0.05, 0.1) is 18.9 Å². The Bertz CT molecular complexity index is 332. The second kappa shape index (κ2) is 6.74. The number of carboxylic acid groups (broad SMARTS) is 1. The topological polar surface area (TPSA) is 66.8 Å². The number of halogens is 3. The summed E-state index contributed by atoms with van der Waals surface area (Å²) in [5.74, 6) is -1.91. The number of rotatable bonds is 5. The normalized spacial score (nSPS) is 20.4. The van der Waals surface area contributed by atoms with Crippen LogP contribution in [0.25, 0.3) is 0 Å². The second-order valence-corrected chi connectivity index (χ2v) is 4.43. The van der Waals surface area contributed by atoms with E-state index >= 15 is 0 Å². The monoisotopic (exact) mass is 283 g/mol. The second-order valence-electron chi connectivity index (χ2n) is 4.43. The molecular weight excluding hydrogens is 267 g/mol. The molecule has 110 valence electrons. The Morgan fingerprint density at radius 2 is 2.05 bits per heavy atom. The van der Waals surface area contributed by atoms with Crippen molar-refractivity contribution < 1.29 is 32.6 Å². The lowest BCUT2D eigenvalue weighted by Crippen LogP contribution is -2.42. The van der Waals surface area contributed by atoms with Crippen molar-refractivity contribution in [2.45, 2.75) is 25.4 Å². The molecule has 1 aliphatic heterocycles. The minimum absolute atomic E-state index is 0.118. The number of ether oxygens (including phenoxy) is 1. The molecule has 8 heteroatoms. The van der Waals surface area contributed by atoms with Gasteiger partial charge in [-0.3, -0.25) is 9.59 Å². The summed E-state index contributed by atoms with van der Waals surface area (Å²) in [5.41, 5.74) is 0. The smallest absolute Gasteiger partial charge is 0.411 e. The van der Waals surface area contributed by atoms with E-state index in [0.717, 1.165) is 0 Å². The molecule has 0 radical (unpaired) electrons. The first-order chi connectivity index (χ1) is 8.79. The third-order valence-electron chi connectivity index (χ3n) is 2.85. The summed E-state index contributed by atoms with van der Waals surface area (Å²) in [6.45, 7) is -1.13. The molecule has 0 aromatic carbocycles. The van der Waals surface area contributed by atoms with Crippen LogP contribution in [0.2, 0.25) is 0 Å². The van der Waals surface area contributed by atoms with Crippen LogP contribution >= 0.6 is 0 Å². The van der Waals surface area contributed by atoms with Crippen molar-refractivity contribution in [3.8, 4) is 0 Å². The number of carbonyl (C=O) groups is 2. The molecule has 19 heavy (non-hydrogen) atoms. The van der Waals surface area contributed by atoms with E-state index in [9.17, 15) is 22.8 Å². The van der Waals surface area contributed by atoms with E-state index in [0.29, 0.717) is 19.4 Å². The molecule has 1 saturated heterocycles. The molecular formula is C11H16F3NO4. The number of nitrogens with zero attached hydrogens (tertiary/aromatic N) is 1. The highest BCUT2D eigenvalue weighted by Gasteiger charge is 2.29. The number of amides is 1. The average Bonchev–Trinajstić information content (AvgIpc) is 2.33. The lowest BCUT2D eigenvalue weighted by Gasteiger charge is -2.30. The van der Waals surface area contributed by atoms with Gasteiger partial charge in [-0.1, -0.05) is 0 Å². The predicted octanol–water partition coefficient (Wildman–Crippen LogP) is 1.28. The maximum Gasteiger partial charge on any atom is 0.411 e. The van der Waals surface area contributed by atoms with Gasteiger partial charge >= 0.3 is 12.1 Å². The van der Waals surface area contributed by atoms with E-state index in [2.05, 4.69) is 4.74 Å². The van der Waals surface area contributed by atoms with Gasteiger partial charge in [0.15, 0.2) is 0 Å². The van der Waals surface area contributed by atoms with Crippen LogP contribution < -0.4 is 0 Å². The molecule has 0 aliphatic carbocycles. The number of hydrogen-bond donors (Lipinski definition) is 1. The molecule has 0 saturated carbocycles. The van der Waals surface area contributed by atoms with Crippen molar-refractivity contribution in [3.63, 3.8) is 0 Å². The van der Waals surface area contributed by atoms with Gasteiger partial charge in [-0.05, 0) is 12.8 Å². The van der Waals surface area contributed by atoms with E-state index < -0.39 is 24.7 Å². The number of aliphatic carboxylic acids is 1. The van der Waals surface area contributed by atoms with Crippen LogP contribution in [0.5, 0.6) is 0 Å². The number of piperidine rings is 1. The van der Waals surface area contributed by atoms with E-state index in [1.807, 2.05) is 0 Å². The van der Waals surface area contributed by atoms with E-state index in [1.165, 1.54) is 4.90 Å². The van der Waals surface area contributed by atoms with Crippen molar-refractivity contribution in [3.05, 3.63) is 0 Å². The molecule has 0 aromatic heterocycles. The van der Waals surface area contributed by atoms with Gasteiger partial charge in [0.1, 0.15) is 6.61 Å². The summed E-state index contributed by atoms with van der Waals surface area (Å²) in [6.07, 6.45) is -3.46. The minimum atomic E-state index is -4.40. The third kappa shape index (κ3) is 5.91. The zero-order chi connectivity index (χ0) is 14.5. The molecule has 0 aromatic rings. The molecule has 0 bridgehead atoms. The van der Waals surface area contributed by atoms with Crippen molar-refractivity contribution >= 4 is 11.9 Å². The van der Waals surface area contributed by atoms with Gasteiger partial charge in [-0.25, -0.2) is 0 Å². The van der Waals surface area contributed by atoms with Gasteiger partial charge in [0.25, 0.3) is 0 Å². The fraction of sp³-hybridized carbons (Fsp3) is 0.818. The molecule has 1 rings (SSSR count). The lowest BCUT2D eigenvalue weighted by atomic mass is 9.98. The molecule has 0 unspecified atom stereocenters. The third-order valence-corrected chi connectivity index (χ3v) is 2.85. The first-order valence-electron chi connectivity index (χ1n) is 5.94. The Balaban J connectivity index is 2.27. The van der Waals surface area contributed by atoms with E-state index in [4.69, 9.17) is 5.11 Å². The van der Waals surface area contributed by atoms with Crippen LogP contribution in [0.3, 0.4) is 0 Å². The molecule has 1 atom stereocenters. The zero-order valence-corrected chi connectivity index (χ0v) is 10.3. The van der Waals surface area contributed by atoms with Gasteiger partial charge in [0.2, 0.25) is 5.91 Å². The molecule has 0 spiro atoms. The Morgan fingerprint density at radius 3 is 2.63 bits per heavy atom. The zero-order valence-electron chi connectivity index (χ0n) is 10.3. The summed E-state index contributed by atoms with van der Waals surface area (Å²) < 4.78 is 39.7. The summed E-state index contributed by atoms with van der Waals surface area (Å²) >= 11 is 0. The highest BCUT2D eigenvalue weighted by atomic mass is 19.4. The SMILES string of the molecule is O=C(O)[C@H]1CCCN(C(=O)CCOCC(F)(F)F)C1. The highest BCUT2D eigenvalue weighted by Crippen LogP contribution is 2.18. The fourth-order valence-corrected chi connectivity index (χ4v) is 1.91. The van der Waals surface area contributed by atoms with Crippen LogP contribution in [-0.2, 0) is 14.3 Å². The summed E-state index contributed by atoms with van der Waals surface area (Å²) in [7, 11) is 0. The van der Waals surface area contributed by atoms with E-state index in [-0.39, 0.29) is 25.5 Å². The van der Waals surface area contributed by atoms with Crippen molar-refractivity contribution in [2.24, 2.45) is 5.92 Å². The maximum atomic E-state index is 11.8. The van der Waals surface area contributed by atoms with Crippen LogP contribution in [0, 0.1) is 5.92 Å². The summed E-state index contributed by atoms with van der Waals surface area (Å²) in [4.78, 5) is 23.8. The Morgan fingerprint density at radius 1 is 1.37 bits per heavy atom. The van der Waals surface area contributed by atoms with Gasteiger partial charge < -0.3 is 14.7 Å². The molecule has 5 nitrogen and oxygen atoms in total. The Labute approximate surface area is 108 Å². The number of carbonyl (C=O) groups excluding carboxylic acids is 1. The maximum absolute atomic E-state index is 11.8. The average molecular weight is 283 g/mol. The van der Waals surface area contributed by atoms with Crippen LogP contribution in [-0.4, -0.2) is 54.4 Å². The molecule has 1 N–H and O–H groups in total. The van der Waals surface area contributed by atoms with Crippen LogP contribution in [0.15, 0.2) is 0 Å². The minimum Gasteiger partial charge on any atom is -0.481 e. The predicted molar refractivity (Wildman–Crippen MR) is 58.4 cm³/mol. The standard InChI is InChI=1S/C11H16F3NO4/c12-11(13,14)7-19-5-3-9(16)15-4-1-2-8(6-15)10(17)18/h8H,1-7H2,(H,17,18)/t8-/m0/s1. The molecule has 1 heterocycles. The first kappa shape index (κ1) is 15.7. The lowest BCUT2D eigenvalue weighted by molar-refractivity contribution is -0.175. The quantitative estimate of drug-likeness (QED) is 0.772. The fourth-order valence-electron chi connectivity index (χ4n) is 1.91. The van der Waals surface area contributed by atoms with E-state index in [1.54, 1.807) is 0 Å². The Hall–Kier alpha value is -1.31. The number of likely N-dealkylation sites (tertiary alicyclic amines) is 1. The summed E-state index contributed by atoms with van der Waals surface area (Å²) in [6, 6.07) is 0.